The Hall–Kier alpha value is -4.27. The van der Waals surface area contributed by atoms with Crippen molar-refractivity contribution in [1.82, 2.24) is 0 Å². The Morgan fingerprint density at radius 1 is 0.650 bits per heavy atom. The molecule has 0 unspecified atom stereocenters. The predicted molar refractivity (Wildman–Crippen MR) is 157 cm³/mol. The van der Waals surface area contributed by atoms with Gasteiger partial charge in [0.1, 0.15) is 11.5 Å². The maximum absolute atomic E-state index is 12.2. The maximum Gasteiger partial charge on any atom is 0.306 e. The number of esters is 1. The average molecular weight is 575 g/mol. The molecule has 0 aliphatic heterocycles. The van der Waals surface area contributed by atoms with Crippen LogP contribution < -0.4 is 15.4 Å². The molecule has 2 N–H and O–H groups in total. The molecule has 0 aromatic heterocycles. The quantitative estimate of drug-likeness (QED) is 0.169. The fourth-order valence-electron chi connectivity index (χ4n) is 3.51. The van der Waals surface area contributed by atoms with Crippen molar-refractivity contribution in [3.05, 3.63) is 108 Å². The van der Waals surface area contributed by atoms with Gasteiger partial charge in [-0.25, -0.2) is 0 Å². The third-order valence-corrected chi connectivity index (χ3v) is 6.72. The van der Waals surface area contributed by atoms with Crippen LogP contribution in [-0.2, 0) is 19.1 Å². The largest absolute Gasteiger partial charge is 0.457 e. The summed E-state index contributed by atoms with van der Waals surface area (Å²) >= 11 is 7.51. The SMILES string of the molecule is O=C(CCCC(=O)OCC(=O)Nc1ccc(Oc2ccccc2)cc1)Nc1ccc(Sc2ccc(Cl)cc2)cc1. The molecule has 9 heteroatoms. The Balaban J connectivity index is 1.10. The Labute approximate surface area is 241 Å². The first-order valence-electron chi connectivity index (χ1n) is 12.5. The van der Waals surface area contributed by atoms with Crippen LogP contribution in [-0.4, -0.2) is 24.4 Å². The molecule has 0 fully saturated rings. The molecule has 4 aromatic rings. The van der Waals surface area contributed by atoms with Gasteiger partial charge < -0.3 is 20.1 Å². The van der Waals surface area contributed by atoms with Crippen LogP contribution in [0.15, 0.2) is 113 Å². The lowest BCUT2D eigenvalue weighted by Crippen LogP contribution is -2.21. The second-order valence-corrected chi connectivity index (χ2v) is 10.2. The summed E-state index contributed by atoms with van der Waals surface area (Å²) in [5.74, 6) is 0.134. The van der Waals surface area contributed by atoms with Crippen molar-refractivity contribution in [3.63, 3.8) is 0 Å². The lowest BCUT2D eigenvalue weighted by molar-refractivity contribution is -0.147. The lowest BCUT2D eigenvalue weighted by Gasteiger charge is -2.09. The number of halogens is 1. The third kappa shape index (κ3) is 9.80. The van der Waals surface area contributed by atoms with Crippen LogP contribution in [0.25, 0.3) is 0 Å². The van der Waals surface area contributed by atoms with Crippen molar-refractivity contribution in [2.75, 3.05) is 17.2 Å². The van der Waals surface area contributed by atoms with Gasteiger partial charge in [-0.15, -0.1) is 0 Å². The third-order valence-electron chi connectivity index (χ3n) is 5.45. The average Bonchev–Trinajstić information content (AvgIpc) is 2.96. The molecule has 0 spiro atoms. The fourth-order valence-corrected chi connectivity index (χ4v) is 4.45. The lowest BCUT2D eigenvalue weighted by atomic mass is 10.2. The number of benzene rings is 4. The van der Waals surface area contributed by atoms with Crippen molar-refractivity contribution in [2.24, 2.45) is 0 Å². The van der Waals surface area contributed by atoms with Crippen molar-refractivity contribution < 1.29 is 23.9 Å². The maximum atomic E-state index is 12.2. The monoisotopic (exact) mass is 574 g/mol. The summed E-state index contributed by atoms with van der Waals surface area (Å²) in [5.41, 5.74) is 1.22. The highest BCUT2D eigenvalue weighted by atomic mass is 35.5. The molecule has 40 heavy (non-hydrogen) atoms. The van der Waals surface area contributed by atoms with Gasteiger partial charge in [0.25, 0.3) is 5.91 Å². The molecule has 7 nitrogen and oxygen atoms in total. The van der Waals surface area contributed by atoms with Gasteiger partial charge in [0.2, 0.25) is 5.91 Å². The molecule has 0 bridgehead atoms. The smallest absolute Gasteiger partial charge is 0.306 e. The minimum Gasteiger partial charge on any atom is -0.457 e. The minimum atomic E-state index is -0.543. The summed E-state index contributed by atoms with van der Waals surface area (Å²) < 4.78 is 10.7. The van der Waals surface area contributed by atoms with E-state index in [4.69, 9.17) is 21.1 Å². The number of amides is 2. The second kappa shape index (κ2) is 14.8. The molecule has 0 aliphatic carbocycles. The summed E-state index contributed by atoms with van der Waals surface area (Å²) in [4.78, 5) is 38.5. The Morgan fingerprint density at radius 2 is 1.20 bits per heavy atom. The van der Waals surface area contributed by atoms with Crippen LogP contribution in [0.1, 0.15) is 19.3 Å². The van der Waals surface area contributed by atoms with Crippen LogP contribution in [0.3, 0.4) is 0 Å². The highest BCUT2D eigenvalue weighted by molar-refractivity contribution is 7.99. The van der Waals surface area contributed by atoms with Crippen LogP contribution in [0.5, 0.6) is 11.5 Å². The number of para-hydroxylation sites is 1. The van der Waals surface area contributed by atoms with E-state index in [1.165, 1.54) is 0 Å². The van der Waals surface area contributed by atoms with Crippen LogP contribution >= 0.6 is 23.4 Å². The minimum absolute atomic E-state index is 0.0306. The number of hydrogen-bond donors (Lipinski definition) is 2. The molecule has 0 aliphatic rings. The Kier molecular flexibility index (Phi) is 10.6. The Morgan fingerprint density at radius 3 is 1.85 bits per heavy atom. The first-order chi connectivity index (χ1) is 19.4. The van der Waals surface area contributed by atoms with E-state index in [1.54, 1.807) is 36.0 Å². The molecule has 4 aromatic carbocycles. The molecule has 204 valence electrons. The topological polar surface area (TPSA) is 93.7 Å². The molecule has 2 amide bonds. The highest BCUT2D eigenvalue weighted by Gasteiger charge is 2.10. The zero-order chi connectivity index (χ0) is 28.2. The zero-order valence-electron chi connectivity index (χ0n) is 21.5. The standard InChI is InChI=1S/C31H27ClN2O5S/c32-22-9-17-27(18-10-22)40-28-19-13-24(14-20-28)33-29(35)7-4-8-31(37)38-21-30(36)34-23-11-15-26(16-12-23)39-25-5-2-1-3-6-25/h1-3,5-6,9-20H,4,7-8,21H2,(H,33,35)(H,34,36). The zero-order valence-corrected chi connectivity index (χ0v) is 23.0. The summed E-state index contributed by atoms with van der Waals surface area (Å²) in [7, 11) is 0. The first-order valence-corrected chi connectivity index (χ1v) is 13.7. The van der Waals surface area contributed by atoms with E-state index >= 15 is 0 Å². The number of ether oxygens (including phenoxy) is 2. The van der Waals surface area contributed by atoms with E-state index in [-0.39, 0.29) is 18.7 Å². The number of anilines is 2. The number of carbonyl (C=O) groups is 3. The predicted octanol–water partition coefficient (Wildman–Crippen LogP) is 7.57. The van der Waals surface area contributed by atoms with E-state index in [2.05, 4.69) is 10.6 Å². The van der Waals surface area contributed by atoms with E-state index in [9.17, 15) is 14.4 Å². The van der Waals surface area contributed by atoms with Crippen molar-refractivity contribution >= 4 is 52.5 Å². The van der Waals surface area contributed by atoms with Gasteiger partial charge in [0, 0.05) is 39.0 Å². The molecule has 0 saturated carbocycles. The van der Waals surface area contributed by atoms with Gasteiger partial charge in [-0.05, 0) is 91.3 Å². The number of nitrogens with one attached hydrogen (secondary N) is 2. The first kappa shape index (κ1) is 28.7. The van der Waals surface area contributed by atoms with E-state index < -0.39 is 18.5 Å². The fraction of sp³-hybridized carbons (Fsp3) is 0.129. The van der Waals surface area contributed by atoms with Crippen LogP contribution in [0, 0.1) is 0 Å². The molecule has 0 heterocycles. The summed E-state index contributed by atoms with van der Waals surface area (Å²) in [6.45, 7) is -0.409. The molecule has 0 saturated heterocycles. The van der Waals surface area contributed by atoms with Gasteiger partial charge in [-0.3, -0.25) is 14.4 Å². The molecule has 0 radical (unpaired) electrons. The molecule has 4 rings (SSSR count). The van der Waals surface area contributed by atoms with E-state index in [0.29, 0.717) is 34.3 Å². The summed E-state index contributed by atoms with van der Waals surface area (Å²) in [5, 5.41) is 6.17. The second-order valence-electron chi connectivity index (χ2n) is 8.63. The highest BCUT2D eigenvalue weighted by Crippen LogP contribution is 2.29. The summed E-state index contributed by atoms with van der Waals surface area (Å²) in [6, 6.07) is 31.3. The van der Waals surface area contributed by atoms with Crippen molar-refractivity contribution in [2.45, 2.75) is 29.1 Å². The van der Waals surface area contributed by atoms with Crippen LogP contribution in [0.2, 0.25) is 5.02 Å². The molecular formula is C31H27ClN2O5S. The van der Waals surface area contributed by atoms with Gasteiger partial charge in [0.15, 0.2) is 6.61 Å². The molecular weight excluding hydrogens is 548 g/mol. The van der Waals surface area contributed by atoms with Gasteiger partial charge in [-0.1, -0.05) is 41.6 Å². The summed E-state index contributed by atoms with van der Waals surface area (Å²) in [6.07, 6.45) is 0.489. The Bertz CT molecular complexity index is 1410. The van der Waals surface area contributed by atoms with Crippen molar-refractivity contribution in [3.8, 4) is 11.5 Å². The number of hydrogen-bond acceptors (Lipinski definition) is 6. The van der Waals surface area contributed by atoms with E-state index in [1.807, 2.05) is 78.9 Å². The van der Waals surface area contributed by atoms with Gasteiger partial charge >= 0.3 is 5.97 Å². The number of rotatable bonds is 12. The van der Waals surface area contributed by atoms with E-state index in [0.717, 1.165) is 9.79 Å². The van der Waals surface area contributed by atoms with Gasteiger partial charge in [0.05, 0.1) is 0 Å². The number of carbonyl (C=O) groups excluding carboxylic acids is 3. The normalized spacial score (nSPS) is 10.4. The molecule has 0 atom stereocenters. The van der Waals surface area contributed by atoms with Crippen molar-refractivity contribution in [1.29, 1.82) is 0 Å². The van der Waals surface area contributed by atoms with Gasteiger partial charge in [-0.2, -0.15) is 0 Å². The van der Waals surface area contributed by atoms with Crippen LogP contribution in [0.4, 0.5) is 11.4 Å².